The van der Waals surface area contributed by atoms with E-state index < -0.39 is 17.6 Å². The molecule has 15 heavy (non-hydrogen) atoms. The third-order valence-electron chi connectivity index (χ3n) is 1.79. The fraction of sp³-hybridized carbons (Fsp3) is 0.900. The first-order chi connectivity index (χ1) is 6.90. The summed E-state index contributed by atoms with van der Waals surface area (Å²) in [7, 11) is 0. The molecule has 0 aromatic heterocycles. The zero-order chi connectivity index (χ0) is 11.9. The highest BCUT2D eigenvalue weighted by Gasteiger charge is 2.23. The number of hydrogen-bond donors (Lipinski definition) is 3. The van der Waals surface area contributed by atoms with Crippen LogP contribution in [0, 0.1) is 0 Å². The van der Waals surface area contributed by atoms with E-state index in [0.29, 0.717) is 13.0 Å². The minimum Gasteiger partial charge on any atom is -0.459 e. The Bertz CT molecular complexity index is 190. The van der Waals surface area contributed by atoms with Crippen LogP contribution in [-0.4, -0.2) is 29.4 Å². The van der Waals surface area contributed by atoms with Crippen molar-refractivity contribution >= 4 is 5.97 Å². The van der Waals surface area contributed by atoms with Gasteiger partial charge in [0.05, 0.1) is 0 Å². The molecule has 0 saturated carbocycles. The first-order valence-corrected chi connectivity index (χ1v) is 5.23. The van der Waals surface area contributed by atoms with Crippen molar-refractivity contribution in [1.82, 2.24) is 5.48 Å². The molecule has 5 heteroatoms. The van der Waals surface area contributed by atoms with Crippen LogP contribution >= 0.6 is 0 Å². The molecule has 0 aromatic rings. The summed E-state index contributed by atoms with van der Waals surface area (Å²) in [6.45, 7) is 5.96. The molecule has 0 amide bonds. The minimum atomic E-state index is -0.657. The van der Waals surface area contributed by atoms with Crippen LogP contribution in [0.5, 0.6) is 0 Å². The van der Waals surface area contributed by atoms with E-state index >= 15 is 0 Å². The molecule has 0 saturated heterocycles. The molecule has 0 aliphatic carbocycles. The smallest absolute Gasteiger partial charge is 0.325 e. The molecule has 0 aliphatic heterocycles. The summed E-state index contributed by atoms with van der Waals surface area (Å²) >= 11 is 0. The lowest BCUT2D eigenvalue weighted by atomic mass is 10.1. The van der Waals surface area contributed by atoms with Crippen molar-refractivity contribution in [2.24, 2.45) is 5.73 Å². The molecule has 1 unspecified atom stereocenters. The van der Waals surface area contributed by atoms with E-state index in [1.807, 2.05) is 5.48 Å². The molecule has 5 nitrogen and oxygen atoms in total. The molecule has 1 atom stereocenters. The third kappa shape index (κ3) is 7.30. The largest absolute Gasteiger partial charge is 0.459 e. The van der Waals surface area contributed by atoms with E-state index in [-0.39, 0.29) is 0 Å². The second-order valence-electron chi connectivity index (χ2n) is 4.50. The molecular formula is C10H22N2O3. The maximum absolute atomic E-state index is 11.5. The number of nitrogens with one attached hydrogen (secondary N) is 1. The molecule has 0 aromatic carbocycles. The van der Waals surface area contributed by atoms with E-state index in [0.717, 1.165) is 12.8 Å². The average molecular weight is 218 g/mol. The van der Waals surface area contributed by atoms with Gasteiger partial charge in [-0.3, -0.25) is 4.79 Å². The predicted octanol–water partition coefficient (Wildman–Crippen LogP) is 0.805. The monoisotopic (exact) mass is 218 g/mol. The number of carbonyl (C=O) groups is 1. The molecule has 0 aliphatic rings. The van der Waals surface area contributed by atoms with Gasteiger partial charge in [-0.25, -0.2) is 0 Å². The predicted molar refractivity (Wildman–Crippen MR) is 57.5 cm³/mol. The van der Waals surface area contributed by atoms with Crippen LogP contribution in [0.2, 0.25) is 0 Å². The Morgan fingerprint density at radius 2 is 2.07 bits per heavy atom. The first kappa shape index (κ1) is 14.3. The number of rotatable bonds is 6. The van der Waals surface area contributed by atoms with Crippen LogP contribution < -0.4 is 11.2 Å². The normalized spacial score (nSPS) is 13.7. The molecule has 0 rings (SSSR count). The summed E-state index contributed by atoms with van der Waals surface area (Å²) in [6, 6.07) is -0.657. The summed E-state index contributed by atoms with van der Waals surface area (Å²) in [6.07, 6.45) is 2.15. The zero-order valence-electron chi connectivity index (χ0n) is 9.75. The number of ether oxygens (including phenoxy) is 1. The Morgan fingerprint density at radius 1 is 1.47 bits per heavy atom. The molecule has 0 fully saturated rings. The van der Waals surface area contributed by atoms with Crippen LogP contribution in [0.1, 0.15) is 40.0 Å². The number of unbranched alkanes of at least 4 members (excludes halogenated alkanes) is 1. The second kappa shape index (κ2) is 6.76. The fourth-order valence-corrected chi connectivity index (χ4v) is 1.10. The standard InChI is InChI=1S/C10H22N2O3/c1-10(2,3)15-9(13)8(12-14)6-4-5-7-11/h8,12,14H,4-7,11H2,1-3H3. The summed E-state index contributed by atoms with van der Waals surface area (Å²) in [4.78, 5) is 11.5. The Morgan fingerprint density at radius 3 is 2.47 bits per heavy atom. The molecule has 0 radical (unpaired) electrons. The van der Waals surface area contributed by atoms with Gasteiger partial charge >= 0.3 is 5.97 Å². The molecule has 90 valence electrons. The molecule has 4 N–H and O–H groups in total. The molecular weight excluding hydrogens is 196 g/mol. The topological polar surface area (TPSA) is 84.6 Å². The van der Waals surface area contributed by atoms with E-state index in [2.05, 4.69) is 0 Å². The van der Waals surface area contributed by atoms with Gasteiger partial charge in [0, 0.05) is 0 Å². The molecule has 0 bridgehead atoms. The lowest BCUT2D eigenvalue weighted by molar-refractivity contribution is -0.160. The van der Waals surface area contributed by atoms with E-state index in [4.69, 9.17) is 15.7 Å². The van der Waals surface area contributed by atoms with Crippen molar-refractivity contribution in [3.05, 3.63) is 0 Å². The number of carbonyl (C=O) groups excluding carboxylic acids is 1. The highest BCUT2D eigenvalue weighted by molar-refractivity contribution is 5.75. The highest BCUT2D eigenvalue weighted by atomic mass is 16.6. The summed E-state index contributed by atoms with van der Waals surface area (Å²) in [5, 5.41) is 8.81. The van der Waals surface area contributed by atoms with Crippen molar-refractivity contribution in [2.75, 3.05) is 6.54 Å². The van der Waals surface area contributed by atoms with Crippen LogP contribution in [0.3, 0.4) is 0 Å². The van der Waals surface area contributed by atoms with Crippen molar-refractivity contribution in [3.63, 3.8) is 0 Å². The van der Waals surface area contributed by atoms with Gasteiger partial charge in [-0.2, -0.15) is 5.48 Å². The van der Waals surface area contributed by atoms with Gasteiger partial charge in [-0.15, -0.1) is 0 Å². The van der Waals surface area contributed by atoms with Crippen LogP contribution in [-0.2, 0) is 9.53 Å². The van der Waals surface area contributed by atoms with Gasteiger partial charge in [-0.1, -0.05) is 0 Å². The first-order valence-electron chi connectivity index (χ1n) is 5.23. The summed E-state index contributed by atoms with van der Waals surface area (Å²) in [5.41, 5.74) is 6.78. The van der Waals surface area contributed by atoms with Gasteiger partial charge in [0.15, 0.2) is 0 Å². The summed E-state index contributed by atoms with van der Waals surface area (Å²) in [5.74, 6) is -0.429. The molecule has 0 spiro atoms. The van der Waals surface area contributed by atoms with Crippen LogP contribution in [0.4, 0.5) is 0 Å². The zero-order valence-corrected chi connectivity index (χ0v) is 9.75. The van der Waals surface area contributed by atoms with Crippen molar-refractivity contribution in [3.8, 4) is 0 Å². The third-order valence-corrected chi connectivity index (χ3v) is 1.79. The van der Waals surface area contributed by atoms with Crippen LogP contribution in [0.25, 0.3) is 0 Å². The fourth-order valence-electron chi connectivity index (χ4n) is 1.10. The lowest BCUT2D eigenvalue weighted by Gasteiger charge is -2.23. The Hall–Kier alpha value is -0.650. The lowest BCUT2D eigenvalue weighted by Crippen LogP contribution is -2.39. The van der Waals surface area contributed by atoms with E-state index in [1.165, 1.54) is 0 Å². The number of hydrogen-bond acceptors (Lipinski definition) is 5. The van der Waals surface area contributed by atoms with Gasteiger partial charge in [0.2, 0.25) is 0 Å². The quantitative estimate of drug-likeness (QED) is 0.349. The minimum absolute atomic E-state index is 0.429. The van der Waals surface area contributed by atoms with Gasteiger partial charge in [-0.05, 0) is 46.6 Å². The number of nitrogens with two attached hydrogens (primary N) is 1. The maximum Gasteiger partial charge on any atom is 0.325 e. The summed E-state index contributed by atoms with van der Waals surface area (Å²) < 4.78 is 5.13. The van der Waals surface area contributed by atoms with Crippen molar-refractivity contribution in [1.29, 1.82) is 0 Å². The van der Waals surface area contributed by atoms with E-state index in [1.54, 1.807) is 20.8 Å². The molecule has 0 heterocycles. The number of esters is 1. The van der Waals surface area contributed by atoms with Crippen molar-refractivity contribution in [2.45, 2.75) is 51.7 Å². The van der Waals surface area contributed by atoms with Gasteiger partial charge < -0.3 is 15.7 Å². The Balaban J connectivity index is 3.99. The second-order valence-corrected chi connectivity index (χ2v) is 4.50. The Kier molecular flexibility index (Phi) is 6.47. The maximum atomic E-state index is 11.5. The van der Waals surface area contributed by atoms with Crippen molar-refractivity contribution < 1.29 is 14.7 Å². The number of hydroxylamine groups is 1. The van der Waals surface area contributed by atoms with Gasteiger partial charge in [0.25, 0.3) is 0 Å². The SMILES string of the molecule is CC(C)(C)OC(=O)C(CCCCN)NO. The van der Waals surface area contributed by atoms with Crippen LogP contribution in [0.15, 0.2) is 0 Å². The Labute approximate surface area is 90.9 Å². The van der Waals surface area contributed by atoms with E-state index in [9.17, 15) is 4.79 Å². The average Bonchev–Trinajstić information content (AvgIpc) is 2.09. The highest BCUT2D eigenvalue weighted by Crippen LogP contribution is 2.10. The van der Waals surface area contributed by atoms with Gasteiger partial charge in [0.1, 0.15) is 11.6 Å².